The van der Waals surface area contributed by atoms with Crippen molar-refractivity contribution < 1.29 is 15.0 Å². The van der Waals surface area contributed by atoms with Crippen LogP contribution in [0.3, 0.4) is 0 Å². The fourth-order valence-electron chi connectivity index (χ4n) is 1.49. The smallest absolute Gasteiger partial charge is 0.335 e. The number of aromatic nitrogens is 1. The van der Waals surface area contributed by atoms with E-state index in [1.54, 1.807) is 36.5 Å². The van der Waals surface area contributed by atoms with Crippen molar-refractivity contribution in [1.82, 2.24) is 4.98 Å². The van der Waals surface area contributed by atoms with Gasteiger partial charge in [-0.3, -0.25) is 4.98 Å². The van der Waals surface area contributed by atoms with Gasteiger partial charge in [-0.05, 0) is 23.8 Å². The second-order valence-corrected chi connectivity index (χ2v) is 3.58. The minimum atomic E-state index is -0.940. The molecule has 0 aliphatic carbocycles. The molecule has 4 heteroatoms. The Balaban J connectivity index is 2.29. The number of pyridine rings is 1. The third-order valence-corrected chi connectivity index (χ3v) is 2.45. The van der Waals surface area contributed by atoms with Gasteiger partial charge in [-0.15, -0.1) is 0 Å². The second kappa shape index (κ2) is 4.76. The summed E-state index contributed by atoms with van der Waals surface area (Å²) in [5.74, 6) is -0.940. The first-order valence-corrected chi connectivity index (χ1v) is 5.10. The van der Waals surface area contributed by atoms with Crippen LogP contribution in [0, 0.1) is 0 Å². The van der Waals surface area contributed by atoms with Gasteiger partial charge in [0, 0.05) is 11.8 Å². The molecule has 0 unspecified atom stereocenters. The number of hydrogen-bond acceptors (Lipinski definition) is 3. The highest BCUT2D eigenvalue weighted by molar-refractivity contribution is 5.88. The Labute approximate surface area is 98.2 Å². The number of hydrogen-bond donors (Lipinski definition) is 2. The van der Waals surface area contributed by atoms with Gasteiger partial charge in [0.2, 0.25) is 0 Å². The molecule has 86 valence electrons. The maximum atomic E-state index is 10.7. The van der Waals surface area contributed by atoms with Crippen LogP contribution in [0.5, 0.6) is 0 Å². The molecule has 0 atom stereocenters. The predicted octanol–water partition coefficient (Wildman–Crippen LogP) is 1.94. The van der Waals surface area contributed by atoms with Crippen LogP contribution in [0.1, 0.15) is 16.1 Å². The molecule has 1 aromatic heterocycles. The van der Waals surface area contributed by atoms with E-state index >= 15 is 0 Å². The van der Waals surface area contributed by atoms with Gasteiger partial charge in [0.25, 0.3) is 0 Å². The Morgan fingerprint density at radius 2 is 1.71 bits per heavy atom. The average Bonchev–Trinajstić information content (AvgIpc) is 2.39. The number of nitrogens with zero attached hydrogens (tertiary/aromatic N) is 1. The minimum Gasteiger partial charge on any atom is -0.478 e. The molecule has 1 heterocycles. The number of rotatable bonds is 3. The maximum Gasteiger partial charge on any atom is 0.335 e. The van der Waals surface area contributed by atoms with E-state index in [-0.39, 0.29) is 12.2 Å². The van der Waals surface area contributed by atoms with Crippen molar-refractivity contribution in [2.24, 2.45) is 0 Å². The number of aliphatic hydroxyl groups is 1. The molecule has 0 amide bonds. The van der Waals surface area contributed by atoms with E-state index in [4.69, 9.17) is 10.2 Å². The quantitative estimate of drug-likeness (QED) is 0.843. The lowest BCUT2D eigenvalue weighted by Crippen LogP contribution is -1.95. The van der Waals surface area contributed by atoms with Crippen molar-refractivity contribution >= 4 is 5.97 Å². The van der Waals surface area contributed by atoms with Gasteiger partial charge >= 0.3 is 5.97 Å². The molecular weight excluding hydrogens is 218 g/mol. The molecule has 0 aliphatic rings. The Kier molecular flexibility index (Phi) is 3.16. The Morgan fingerprint density at radius 3 is 2.18 bits per heavy atom. The zero-order chi connectivity index (χ0) is 12.3. The van der Waals surface area contributed by atoms with Crippen molar-refractivity contribution in [3.8, 4) is 11.1 Å². The molecule has 0 radical (unpaired) electrons. The lowest BCUT2D eigenvalue weighted by Gasteiger charge is -2.02. The molecule has 4 nitrogen and oxygen atoms in total. The number of carboxylic acids is 1. The highest BCUT2D eigenvalue weighted by atomic mass is 16.4. The molecule has 0 saturated heterocycles. The standard InChI is InChI=1S/C13H11NO3/c15-8-12-6-5-11(7-14-12)9-1-3-10(4-2-9)13(16)17/h1-7,15H,8H2,(H,16,17). The molecule has 0 bridgehead atoms. The molecule has 17 heavy (non-hydrogen) atoms. The van der Waals surface area contributed by atoms with Crippen LogP contribution in [0.4, 0.5) is 0 Å². The van der Waals surface area contributed by atoms with Gasteiger partial charge in [-0.2, -0.15) is 0 Å². The molecule has 0 saturated carbocycles. The summed E-state index contributed by atoms with van der Waals surface area (Å²) < 4.78 is 0. The van der Waals surface area contributed by atoms with E-state index in [2.05, 4.69) is 4.98 Å². The van der Waals surface area contributed by atoms with Gasteiger partial charge in [0.15, 0.2) is 0 Å². The summed E-state index contributed by atoms with van der Waals surface area (Å²) in [6.07, 6.45) is 1.65. The van der Waals surface area contributed by atoms with Gasteiger partial charge in [0.1, 0.15) is 0 Å². The summed E-state index contributed by atoms with van der Waals surface area (Å²) in [7, 11) is 0. The number of carbonyl (C=O) groups is 1. The van der Waals surface area contributed by atoms with E-state index in [0.29, 0.717) is 5.69 Å². The van der Waals surface area contributed by atoms with E-state index < -0.39 is 5.97 Å². The minimum absolute atomic E-state index is 0.0851. The van der Waals surface area contributed by atoms with Crippen LogP contribution in [-0.2, 0) is 6.61 Å². The summed E-state index contributed by atoms with van der Waals surface area (Å²) in [5.41, 5.74) is 2.65. The SMILES string of the molecule is O=C(O)c1ccc(-c2ccc(CO)nc2)cc1. The van der Waals surface area contributed by atoms with E-state index in [1.807, 2.05) is 6.07 Å². The molecule has 2 rings (SSSR count). The van der Waals surface area contributed by atoms with Crippen LogP contribution >= 0.6 is 0 Å². The number of aliphatic hydroxyl groups excluding tert-OH is 1. The second-order valence-electron chi connectivity index (χ2n) is 3.58. The summed E-state index contributed by atoms with van der Waals surface area (Å²) in [6.45, 7) is -0.0851. The van der Waals surface area contributed by atoms with Crippen molar-refractivity contribution in [3.63, 3.8) is 0 Å². The number of benzene rings is 1. The van der Waals surface area contributed by atoms with Crippen molar-refractivity contribution in [3.05, 3.63) is 53.9 Å². The Bertz CT molecular complexity index is 517. The third kappa shape index (κ3) is 2.49. The Hall–Kier alpha value is -2.20. The highest BCUT2D eigenvalue weighted by Gasteiger charge is 2.03. The fraction of sp³-hybridized carbons (Fsp3) is 0.0769. The monoisotopic (exact) mass is 229 g/mol. The highest BCUT2D eigenvalue weighted by Crippen LogP contribution is 2.19. The molecule has 2 N–H and O–H groups in total. The first-order chi connectivity index (χ1) is 8.20. The predicted molar refractivity (Wildman–Crippen MR) is 62.6 cm³/mol. The summed E-state index contributed by atoms with van der Waals surface area (Å²) >= 11 is 0. The fourth-order valence-corrected chi connectivity index (χ4v) is 1.49. The first-order valence-electron chi connectivity index (χ1n) is 5.10. The summed E-state index contributed by atoms with van der Waals surface area (Å²) in [4.78, 5) is 14.8. The van der Waals surface area contributed by atoms with Crippen LogP contribution in [0.25, 0.3) is 11.1 Å². The van der Waals surface area contributed by atoms with Crippen molar-refractivity contribution in [2.75, 3.05) is 0 Å². The zero-order valence-electron chi connectivity index (χ0n) is 9.00. The van der Waals surface area contributed by atoms with Crippen molar-refractivity contribution in [1.29, 1.82) is 0 Å². The van der Waals surface area contributed by atoms with Crippen LogP contribution < -0.4 is 0 Å². The molecule has 2 aromatic rings. The van der Waals surface area contributed by atoms with Crippen LogP contribution in [0.15, 0.2) is 42.6 Å². The zero-order valence-corrected chi connectivity index (χ0v) is 9.00. The van der Waals surface area contributed by atoms with Gasteiger partial charge in [0.05, 0.1) is 17.9 Å². The van der Waals surface area contributed by atoms with E-state index in [0.717, 1.165) is 11.1 Å². The van der Waals surface area contributed by atoms with Gasteiger partial charge < -0.3 is 10.2 Å². The molecule has 0 spiro atoms. The lowest BCUT2D eigenvalue weighted by molar-refractivity contribution is 0.0697. The van der Waals surface area contributed by atoms with Gasteiger partial charge in [-0.1, -0.05) is 18.2 Å². The molecule has 0 fully saturated rings. The molecule has 0 aliphatic heterocycles. The maximum absolute atomic E-state index is 10.7. The third-order valence-electron chi connectivity index (χ3n) is 2.45. The largest absolute Gasteiger partial charge is 0.478 e. The number of aromatic carboxylic acids is 1. The molecule has 1 aromatic carbocycles. The lowest BCUT2D eigenvalue weighted by atomic mass is 10.1. The summed E-state index contributed by atoms with van der Waals surface area (Å²) in [5, 5.41) is 17.6. The Morgan fingerprint density at radius 1 is 1.06 bits per heavy atom. The number of carboxylic acid groups (broad SMARTS) is 1. The molecular formula is C13H11NO3. The average molecular weight is 229 g/mol. The summed E-state index contributed by atoms with van der Waals surface area (Å²) in [6, 6.07) is 10.2. The van der Waals surface area contributed by atoms with E-state index in [9.17, 15) is 4.79 Å². The topological polar surface area (TPSA) is 70.4 Å². The normalized spacial score (nSPS) is 10.2. The van der Waals surface area contributed by atoms with Gasteiger partial charge in [-0.25, -0.2) is 4.79 Å². The van der Waals surface area contributed by atoms with Crippen LogP contribution in [0.2, 0.25) is 0 Å². The first kappa shape index (κ1) is 11.3. The van der Waals surface area contributed by atoms with Crippen LogP contribution in [-0.4, -0.2) is 21.2 Å². The van der Waals surface area contributed by atoms with E-state index in [1.165, 1.54) is 0 Å². The van der Waals surface area contributed by atoms with Crippen molar-refractivity contribution in [2.45, 2.75) is 6.61 Å².